The number of aromatic nitrogens is 2. The van der Waals surface area contributed by atoms with Crippen LogP contribution in [0.15, 0.2) is 4.52 Å². The van der Waals surface area contributed by atoms with Gasteiger partial charge in [0.25, 0.3) is 0 Å². The predicted octanol–water partition coefficient (Wildman–Crippen LogP) is 1.30. The molecule has 2 heterocycles. The summed E-state index contributed by atoms with van der Waals surface area (Å²) in [4.78, 5) is 9.17. The Balaban J connectivity index is 1.76. The van der Waals surface area contributed by atoms with Gasteiger partial charge in [0.15, 0.2) is 5.82 Å². The molecule has 0 amide bonds. The van der Waals surface area contributed by atoms with Crippen LogP contribution in [-0.4, -0.2) is 63.9 Å². The average molecular weight is 296 g/mol. The number of aliphatic hydroxyl groups is 1. The first-order chi connectivity index (χ1) is 10.3. The van der Waals surface area contributed by atoms with Crippen molar-refractivity contribution >= 4 is 0 Å². The summed E-state index contributed by atoms with van der Waals surface area (Å²) in [5, 5.41) is 13.4. The third-order valence-electron chi connectivity index (χ3n) is 4.23. The van der Waals surface area contributed by atoms with Crippen molar-refractivity contribution in [2.75, 3.05) is 32.8 Å². The van der Waals surface area contributed by atoms with E-state index in [2.05, 4.69) is 33.8 Å². The number of piperazine rings is 1. The van der Waals surface area contributed by atoms with Crippen LogP contribution in [0.25, 0.3) is 0 Å². The number of unbranched alkanes of at least 4 members (excludes halogenated alkanes) is 1. The standard InChI is InChI=1S/C15H28N4O2/c1-3-5-6-14-16-15(21-17-14)11-18-7-9-19(10-8-18)13(4-2)12-20/h13,20H,3-12H2,1-2H3. The number of hydrogen-bond donors (Lipinski definition) is 1. The molecule has 0 aliphatic carbocycles. The molecule has 0 radical (unpaired) electrons. The molecule has 2 rings (SSSR count). The summed E-state index contributed by atoms with van der Waals surface area (Å²) in [6.07, 6.45) is 4.16. The van der Waals surface area contributed by atoms with Gasteiger partial charge in [-0.15, -0.1) is 0 Å². The van der Waals surface area contributed by atoms with Crippen LogP contribution in [0, 0.1) is 0 Å². The summed E-state index contributed by atoms with van der Waals surface area (Å²) in [5.41, 5.74) is 0. The highest BCUT2D eigenvalue weighted by Crippen LogP contribution is 2.12. The van der Waals surface area contributed by atoms with Crippen LogP contribution in [0.4, 0.5) is 0 Å². The average Bonchev–Trinajstić information content (AvgIpc) is 2.95. The quantitative estimate of drug-likeness (QED) is 0.780. The second-order valence-corrected chi connectivity index (χ2v) is 5.76. The van der Waals surface area contributed by atoms with Gasteiger partial charge in [-0.1, -0.05) is 25.4 Å². The van der Waals surface area contributed by atoms with Crippen LogP contribution in [0.1, 0.15) is 44.8 Å². The SMILES string of the molecule is CCCCc1noc(CN2CCN(C(CC)CO)CC2)n1. The maximum Gasteiger partial charge on any atom is 0.240 e. The van der Waals surface area contributed by atoms with Crippen LogP contribution in [0.5, 0.6) is 0 Å². The molecule has 1 saturated heterocycles. The minimum atomic E-state index is 0.251. The van der Waals surface area contributed by atoms with Crippen molar-refractivity contribution in [2.45, 2.75) is 52.1 Å². The van der Waals surface area contributed by atoms with Gasteiger partial charge >= 0.3 is 0 Å². The first-order valence-electron chi connectivity index (χ1n) is 8.15. The molecule has 21 heavy (non-hydrogen) atoms. The molecule has 0 spiro atoms. The van der Waals surface area contributed by atoms with Crippen molar-refractivity contribution in [1.82, 2.24) is 19.9 Å². The summed E-state index contributed by atoms with van der Waals surface area (Å²) < 4.78 is 5.32. The van der Waals surface area contributed by atoms with Crippen LogP contribution in [0.2, 0.25) is 0 Å². The number of aryl methyl sites for hydroxylation is 1. The molecule has 1 atom stereocenters. The minimum Gasteiger partial charge on any atom is -0.395 e. The maximum atomic E-state index is 9.36. The van der Waals surface area contributed by atoms with Crippen molar-refractivity contribution in [2.24, 2.45) is 0 Å². The fraction of sp³-hybridized carbons (Fsp3) is 0.867. The second kappa shape index (κ2) is 8.46. The van der Waals surface area contributed by atoms with E-state index in [-0.39, 0.29) is 6.61 Å². The van der Waals surface area contributed by atoms with Gasteiger partial charge < -0.3 is 9.63 Å². The predicted molar refractivity (Wildman–Crippen MR) is 80.9 cm³/mol. The van der Waals surface area contributed by atoms with Crippen LogP contribution < -0.4 is 0 Å². The zero-order valence-electron chi connectivity index (χ0n) is 13.3. The summed E-state index contributed by atoms with van der Waals surface area (Å²) in [6, 6.07) is 0.302. The first-order valence-corrected chi connectivity index (χ1v) is 8.15. The highest BCUT2D eigenvalue weighted by Gasteiger charge is 2.23. The third-order valence-corrected chi connectivity index (χ3v) is 4.23. The highest BCUT2D eigenvalue weighted by atomic mass is 16.5. The Hall–Kier alpha value is -0.980. The van der Waals surface area contributed by atoms with E-state index in [4.69, 9.17) is 4.52 Å². The van der Waals surface area contributed by atoms with Crippen molar-refractivity contribution in [3.05, 3.63) is 11.7 Å². The van der Waals surface area contributed by atoms with E-state index in [1.165, 1.54) is 0 Å². The molecule has 1 aliphatic rings. The van der Waals surface area contributed by atoms with Crippen LogP contribution in [0.3, 0.4) is 0 Å². The number of rotatable bonds is 8. The Labute approximate surface area is 127 Å². The normalized spacial score (nSPS) is 19.0. The smallest absolute Gasteiger partial charge is 0.240 e. The van der Waals surface area contributed by atoms with E-state index in [0.717, 1.165) is 70.1 Å². The molecule has 120 valence electrons. The Kier molecular flexibility index (Phi) is 6.60. The lowest BCUT2D eigenvalue weighted by Crippen LogP contribution is -2.50. The molecule has 1 N–H and O–H groups in total. The molecule has 6 nitrogen and oxygen atoms in total. The third kappa shape index (κ3) is 4.76. The molecule has 0 saturated carbocycles. The van der Waals surface area contributed by atoms with E-state index in [9.17, 15) is 5.11 Å². The highest BCUT2D eigenvalue weighted by molar-refractivity contribution is 4.88. The van der Waals surface area contributed by atoms with Gasteiger partial charge in [-0.2, -0.15) is 4.98 Å². The fourth-order valence-electron chi connectivity index (χ4n) is 2.77. The molecule has 6 heteroatoms. The molecular weight excluding hydrogens is 268 g/mol. The zero-order valence-corrected chi connectivity index (χ0v) is 13.3. The van der Waals surface area contributed by atoms with Gasteiger partial charge in [-0.25, -0.2) is 0 Å². The summed E-state index contributed by atoms with van der Waals surface area (Å²) in [7, 11) is 0. The Morgan fingerprint density at radius 3 is 2.62 bits per heavy atom. The number of nitrogens with zero attached hydrogens (tertiary/aromatic N) is 4. The van der Waals surface area contributed by atoms with E-state index >= 15 is 0 Å². The summed E-state index contributed by atoms with van der Waals surface area (Å²) in [5.74, 6) is 1.56. The first kappa shape index (κ1) is 16.4. The largest absolute Gasteiger partial charge is 0.395 e. The van der Waals surface area contributed by atoms with Gasteiger partial charge in [-0.05, 0) is 12.8 Å². The van der Waals surface area contributed by atoms with Crippen molar-refractivity contribution in [1.29, 1.82) is 0 Å². The van der Waals surface area contributed by atoms with Crippen molar-refractivity contribution < 1.29 is 9.63 Å². The number of aliphatic hydroxyl groups excluding tert-OH is 1. The topological polar surface area (TPSA) is 65.6 Å². The Bertz CT molecular complexity index is 398. The molecule has 1 unspecified atom stereocenters. The molecule has 1 aliphatic heterocycles. The van der Waals surface area contributed by atoms with Gasteiger partial charge in [0, 0.05) is 38.6 Å². The van der Waals surface area contributed by atoms with Crippen LogP contribution >= 0.6 is 0 Å². The summed E-state index contributed by atoms with van der Waals surface area (Å²) in [6.45, 7) is 9.25. The lowest BCUT2D eigenvalue weighted by Gasteiger charge is -2.37. The van der Waals surface area contributed by atoms with Gasteiger partial charge in [0.2, 0.25) is 5.89 Å². The fourth-order valence-corrected chi connectivity index (χ4v) is 2.77. The number of hydrogen-bond acceptors (Lipinski definition) is 6. The second-order valence-electron chi connectivity index (χ2n) is 5.76. The van der Waals surface area contributed by atoms with E-state index in [1.807, 2.05) is 0 Å². The van der Waals surface area contributed by atoms with E-state index in [0.29, 0.717) is 6.04 Å². The molecule has 1 aromatic heterocycles. The lowest BCUT2D eigenvalue weighted by molar-refractivity contribution is 0.0568. The molecule has 0 aromatic carbocycles. The monoisotopic (exact) mass is 296 g/mol. The summed E-state index contributed by atoms with van der Waals surface area (Å²) >= 11 is 0. The van der Waals surface area contributed by atoms with Gasteiger partial charge in [0.05, 0.1) is 13.2 Å². The van der Waals surface area contributed by atoms with Crippen molar-refractivity contribution in [3.8, 4) is 0 Å². The molecule has 0 bridgehead atoms. The van der Waals surface area contributed by atoms with Crippen molar-refractivity contribution in [3.63, 3.8) is 0 Å². The minimum absolute atomic E-state index is 0.251. The molecular formula is C15H28N4O2. The Morgan fingerprint density at radius 2 is 2.00 bits per heavy atom. The molecule has 1 aromatic rings. The van der Waals surface area contributed by atoms with Gasteiger partial charge in [-0.3, -0.25) is 9.80 Å². The van der Waals surface area contributed by atoms with E-state index < -0.39 is 0 Å². The zero-order chi connectivity index (χ0) is 15.1. The van der Waals surface area contributed by atoms with E-state index in [1.54, 1.807) is 0 Å². The Morgan fingerprint density at radius 1 is 1.24 bits per heavy atom. The maximum absolute atomic E-state index is 9.36. The van der Waals surface area contributed by atoms with Crippen LogP contribution in [-0.2, 0) is 13.0 Å². The van der Waals surface area contributed by atoms with Gasteiger partial charge in [0.1, 0.15) is 0 Å². The molecule has 1 fully saturated rings. The lowest BCUT2D eigenvalue weighted by atomic mass is 10.1.